The fourth-order valence-electron chi connectivity index (χ4n) is 3.40. The Hall–Kier alpha value is -2.15. The van der Waals surface area contributed by atoms with Gasteiger partial charge in [-0.15, -0.1) is 0 Å². The molecular weight excluding hydrogens is 349 g/mol. The van der Waals surface area contributed by atoms with Crippen LogP contribution in [0.2, 0.25) is 5.02 Å². The summed E-state index contributed by atoms with van der Waals surface area (Å²) in [5, 5.41) is 5.60. The van der Waals surface area contributed by atoms with Crippen LogP contribution in [0, 0.1) is 5.82 Å². The van der Waals surface area contributed by atoms with Gasteiger partial charge < -0.3 is 10.6 Å². The van der Waals surface area contributed by atoms with E-state index in [1.165, 1.54) is 17.0 Å². The molecule has 8 heteroatoms. The van der Waals surface area contributed by atoms with Crippen molar-refractivity contribution in [2.24, 2.45) is 0 Å². The quantitative estimate of drug-likeness (QED) is 0.620. The van der Waals surface area contributed by atoms with E-state index in [9.17, 15) is 18.8 Å². The highest BCUT2D eigenvalue weighted by atomic mass is 35.5. The van der Waals surface area contributed by atoms with Gasteiger partial charge in [0.1, 0.15) is 11.4 Å². The van der Waals surface area contributed by atoms with Gasteiger partial charge in [0.05, 0.1) is 5.56 Å². The molecule has 2 N–H and O–H groups in total. The lowest BCUT2D eigenvalue weighted by molar-refractivity contribution is -0.131. The molecule has 1 spiro atoms. The Morgan fingerprint density at radius 1 is 1.32 bits per heavy atom. The van der Waals surface area contributed by atoms with Crippen LogP contribution in [0.25, 0.3) is 0 Å². The highest BCUT2D eigenvalue weighted by Crippen LogP contribution is 2.34. The number of halogens is 2. The first-order valence-corrected chi connectivity index (χ1v) is 8.68. The summed E-state index contributed by atoms with van der Waals surface area (Å²) >= 11 is 5.65. The molecule has 3 rings (SSSR count). The summed E-state index contributed by atoms with van der Waals surface area (Å²) in [5.74, 6) is -1.43. The fraction of sp³-hybridized carbons (Fsp3) is 0.471. The van der Waals surface area contributed by atoms with Crippen LogP contribution in [0.4, 0.5) is 9.18 Å². The van der Waals surface area contributed by atoms with E-state index < -0.39 is 17.3 Å². The molecule has 0 bridgehead atoms. The Kier molecular flexibility index (Phi) is 4.94. The molecule has 0 radical (unpaired) electrons. The van der Waals surface area contributed by atoms with Gasteiger partial charge in [0, 0.05) is 18.1 Å². The van der Waals surface area contributed by atoms with Gasteiger partial charge in [-0.2, -0.15) is 0 Å². The summed E-state index contributed by atoms with van der Waals surface area (Å²) < 4.78 is 13.7. The molecule has 1 saturated carbocycles. The number of carbonyl (C=O) groups is 3. The first kappa shape index (κ1) is 17.7. The van der Waals surface area contributed by atoms with Crippen molar-refractivity contribution in [3.05, 3.63) is 34.6 Å². The predicted molar refractivity (Wildman–Crippen MR) is 89.8 cm³/mol. The highest BCUT2D eigenvalue weighted by molar-refractivity contribution is 6.30. The van der Waals surface area contributed by atoms with Gasteiger partial charge in [-0.25, -0.2) is 9.18 Å². The number of benzene rings is 1. The average molecular weight is 368 g/mol. The molecule has 2 aliphatic rings. The van der Waals surface area contributed by atoms with Crippen molar-refractivity contribution in [1.82, 2.24) is 15.5 Å². The molecule has 1 aliphatic carbocycles. The number of hydrogen-bond donors (Lipinski definition) is 2. The Morgan fingerprint density at radius 2 is 2.04 bits per heavy atom. The maximum Gasteiger partial charge on any atom is 0.325 e. The monoisotopic (exact) mass is 367 g/mol. The topological polar surface area (TPSA) is 78.5 Å². The van der Waals surface area contributed by atoms with Crippen molar-refractivity contribution in [2.75, 3.05) is 13.1 Å². The van der Waals surface area contributed by atoms with E-state index in [1.807, 2.05) is 0 Å². The highest BCUT2D eigenvalue weighted by Gasteiger charge is 2.51. The second-order valence-corrected chi connectivity index (χ2v) is 6.85. The Morgan fingerprint density at radius 3 is 2.72 bits per heavy atom. The number of nitrogens with zero attached hydrogens (tertiary/aromatic N) is 1. The van der Waals surface area contributed by atoms with E-state index in [4.69, 9.17) is 11.6 Å². The van der Waals surface area contributed by atoms with E-state index in [-0.39, 0.29) is 35.6 Å². The van der Waals surface area contributed by atoms with Gasteiger partial charge in [0.25, 0.3) is 11.8 Å². The third-order valence-electron chi connectivity index (χ3n) is 4.72. The van der Waals surface area contributed by atoms with Crippen LogP contribution in [-0.2, 0) is 4.79 Å². The maximum atomic E-state index is 13.7. The third-order valence-corrected chi connectivity index (χ3v) is 4.96. The summed E-state index contributed by atoms with van der Waals surface area (Å²) in [6.45, 7) is 0.445. The minimum absolute atomic E-state index is 0.0932. The van der Waals surface area contributed by atoms with Gasteiger partial charge in [-0.05, 0) is 37.5 Å². The lowest BCUT2D eigenvalue weighted by Crippen LogP contribution is -2.44. The molecule has 0 aromatic heterocycles. The van der Waals surface area contributed by atoms with Crippen molar-refractivity contribution in [2.45, 2.75) is 37.6 Å². The largest absolute Gasteiger partial charge is 0.352 e. The van der Waals surface area contributed by atoms with Crippen molar-refractivity contribution in [3.8, 4) is 0 Å². The molecule has 4 amide bonds. The lowest BCUT2D eigenvalue weighted by atomic mass is 9.98. The molecule has 6 nitrogen and oxygen atoms in total. The Balaban J connectivity index is 1.49. The van der Waals surface area contributed by atoms with Crippen LogP contribution < -0.4 is 10.6 Å². The van der Waals surface area contributed by atoms with Gasteiger partial charge >= 0.3 is 6.03 Å². The maximum absolute atomic E-state index is 13.7. The SMILES string of the molecule is O=C(NCCCN1C(=O)NC2(CCCC2)C1=O)c1ccc(Cl)cc1F. The molecule has 25 heavy (non-hydrogen) atoms. The molecule has 1 aromatic rings. The standard InChI is InChI=1S/C17H19ClFN3O3/c18-11-4-5-12(13(19)10-11)14(23)20-8-3-9-22-15(24)17(21-16(22)25)6-1-2-7-17/h4-5,10H,1-3,6-9H2,(H,20,23)(H,21,25). The molecule has 0 unspecified atom stereocenters. The van der Waals surface area contributed by atoms with Crippen LogP contribution in [0.15, 0.2) is 18.2 Å². The molecular formula is C17H19ClFN3O3. The zero-order valence-corrected chi connectivity index (χ0v) is 14.4. The van der Waals surface area contributed by atoms with E-state index >= 15 is 0 Å². The number of urea groups is 1. The fourth-order valence-corrected chi connectivity index (χ4v) is 3.56. The number of hydrogen-bond acceptors (Lipinski definition) is 3. The zero-order valence-electron chi connectivity index (χ0n) is 13.6. The minimum Gasteiger partial charge on any atom is -0.352 e. The summed E-state index contributed by atoms with van der Waals surface area (Å²) in [4.78, 5) is 37.6. The summed E-state index contributed by atoms with van der Waals surface area (Å²) in [7, 11) is 0. The van der Waals surface area contributed by atoms with Crippen LogP contribution >= 0.6 is 11.6 Å². The number of imide groups is 1. The first-order valence-electron chi connectivity index (χ1n) is 8.30. The average Bonchev–Trinajstić information content (AvgIpc) is 3.11. The number of carbonyl (C=O) groups excluding carboxylic acids is 3. The third kappa shape index (κ3) is 3.46. The first-order chi connectivity index (χ1) is 11.9. The second kappa shape index (κ2) is 7.00. The molecule has 134 valence electrons. The van der Waals surface area contributed by atoms with Crippen molar-refractivity contribution < 1.29 is 18.8 Å². The van der Waals surface area contributed by atoms with Gasteiger partial charge in [0.2, 0.25) is 0 Å². The smallest absolute Gasteiger partial charge is 0.325 e. The lowest BCUT2D eigenvalue weighted by Gasteiger charge is -2.20. The number of nitrogens with one attached hydrogen (secondary N) is 2. The molecule has 2 fully saturated rings. The normalized spacial score (nSPS) is 18.7. The van der Waals surface area contributed by atoms with Crippen molar-refractivity contribution in [3.63, 3.8) is 0 Å². The summed E-state index contributed by atoms with van der Waals surface area (Å²) in [5.41, 5.74) is -0.809. The van der Waals surface area contributed by atoms with Gasteiger partial charge in [0.15, 0.2) is 0 Å². The molecule has 1 saturated heterocycles. The predicted octanol–water partition coefficient (Wildman–Crippen LogP) is 2.46. The zero-order chi connectivity index (χ0) is 18.0. The van der Waals surface area contributed by atoms with Crippen molar-refractivity contribution >= 4 is 29.4 Å². The minimum atomic E-state index is -0.716. The van der Waals surface area contributed by atoms with Crippen molar-refractivity contribution in [1.29, 1.82) is 0 Å². The summed E-state index contributed by atoms with van der Waals surface area (Å²) in [6, 6.07) is 3.45. The van der Waals surface area contributed by atoms with Gasteiger partial charge in [-0.1, -0.05) is 24.4 Å². The van der Waals surface area contributed by atoms with Crippen LogP contribution in [0.3, 0.4) is 0 Å². The van der Waals surface area contributed by atoms with Crippen LogP contribution in [0.1, 0.15) is 42.5 Å². The number of rotatable bonds is 5. The van der Waals surface area contributed by atoms with Crippen LogP contribution in [-0.4, -0.2) is 41.4 Å². The van der Waals surface area contributed by atoms with E-state index in [2.05, 4.69) is 10.6 Å². The molecule has 1 heterocycles. The number of amides is 4. The Bertz CT molecular complexity index is 719. The summed E-state index contributed by atoms with van der Waals surface area (Å²) in [6.07, 6.45) is 3.63. The molecule has 1 aliphatic heterocycles. The van der Waals surface area contributed by atoms with E-state index in [1.54, 1.807) is 0 Å². The van der Waals surface area contributed by atoms with Crippen LogP contribution in [0.5, 0.6) is 0 Å². The Labute approximate surface area is 149 Å². The second-order valence-electron chi connectivity index (χ2n) is 6.41. The van der Waals surface area contributed by atoms with Gasteiger partial charge in [-0.3, -0.25) is 14.5 Å². The molecule has 0 atom stereocenters. The van der Waals surface area contributed by atoms with E-state index in [0.717, 1.165) is 18.9 Å². The van der Waals surface area contributed by atoms with E-state index in [0.29, 0.717) is 19.3 Å². The molecule has 1 aromatic carbocycles.